The van der Waals surface area contributed by atoms with Gasteiger partial charge in [0.05, 0.1) is 5.69 Å². The Bertz CT molecular complexity index is 436. The van der Waals surface area contributed by atoms with Gasteiger partial charge in [0, 0.05) is 31.2 Å². The lowest BCUT2D eigenvalue weighted by Gasteiger charge is -2.33. The third kappa shape index (κ3) is 2.55. The van der Waals surface area contributed by atoms with E-state index in [1.54, 1.807) is 12.1 Å². The molecule has 0 unspecified atom stereocenters. The number of hydrogen-bond acceptors (Lipinski definition) is 3. The van der Waals surface area contributed by atoms with Crippen LogP contribution in [0.5, 0.6) is 0 Å². The summed E-state index contributed by atoms with van der Waals surface area (Å²) in [5.74, 6) is -1.00. The zero-order valence-electron chi connectivity index (χ0n) is 9.74. The number of benzene rings is 1. The van der Waals surface area contributed by atoms with Crippen molar-refractivity contribution < 1.29 is 9.18 Å². The predicted octanol–water partition coefficient (Wildman–Crippen LogP) is 0.723. The first-order valence-corrected chi connectivity index (χ1v) is 5.65. The number of nitrogens with two attached hydrogens (primary N) is 1. The molecule has 0 aliphatic carbocycles. The second-order valence-electron chi connectivity index (χ2n) is 4.33. The summed E-state index contributed by atoms with van der Waals surface area (Å²) in [6, 6.07) is 4.71. The summed E-state index contributed by atoms with van der Waals surface area (Å²) in [7, 11) is 0. The number of piperazine rings is 1. The van der Waals surface area contributed by atoms with Gasteiger partial charge in [-0.1, -0.05) is 0 Å². The number of anilines is 1. The Balaban J connectivity index is 2.23. The molecule has 0 saturated carbocycles. The Labute approximate surface area is 99.6 Å². The highest BCUT2D eigenvalue weighted by molar-refractivity contribution is 5.93. The predicted molar refractivity (Wildman–Crippen MR) is 64.6 cm³/mol. The van der Waals surface area contributed by atoms with Gasteiger partial charge in [0.1, 0.15) is 5.82 Å². The van der Waals surface area contributed by atoms with E-state index in [2.05, 4.69) is 12.2 Å². The van der Waals surface area contributed by atoms with Crippen molar-refractivity contribution in [3.63, 3.8) is 0 Å². The van der Waals surface area contributed by atoms with Crippen LogP contribution < -0.4 is 16.0 Å². The van der Waals surface area contributed by atoms with Crippen LogP contribution in [0.1, 0.15) is 17.3 Å². The van der Waals surface area contributed by atoms with Crippen LogP contribution in [0.25, 0.3) is 0 Å². The Hall–Kier alpha value is -1.62. The first-order valence-electron chi connectivity index (χ1n) is 5.65. The monoisotopic (exact) mass is 237 g/mol. The minimum Gasteiger partial charge on any atom is -0.366 e. The largest absolute Gasteiger partial charge is 0.366 e. The fourth-order valence-electron chi connectivity index (χ4n) is 2.07. The lowest BCUT2D eigenvalue weighted by molar-refractivity contribution is 0.1000. The number of nitrogens with one attached hydrogen (secondary N) is 1. The van der Waals surface area contributed by atoms with E-state index in [4.69, 9.17) is 5.73 Å². The van der Waals surface area contributed by atoms with Gasteiger partial charge in [-0.3, -0.25) is 4.79 Å². The van der Waals surface area contributed by atoms with E-state index in [9.17, 15) is 9.18 Å². The number of nitrogens with zero attached hydrogens (tertiary/aromatic N) is 1. The lowest BCUT2D eigenvalue weighted by Crippen LogP contribution is -2.49. The van der Waals surface area contributed by atoms with Crippen LogP contribution >= 0.6 is 0 Å². The zero-order valence-corrected chi connectivity index (χ0v) is 9.74. The van der Waals surface area contributed by atoms with Gasteiger partial charge < -0.3 is 16.0 Å². The molecule has 1 aromatic carbocycles. The van der Waals surface area contributed by atoms with Gasteiger partial charge in [-0.25, -0.2) is 4.39 Å². The van der Waals surface area contributed by atoms with E-state index in [1.165, 1.54) is 6.07 Å². The molecule has 1 atom stereocenters. The van der Waals surface area contributed by atoms with Crippen LogP contribution in [0.4, 0.5) is 10.1 Å². The molecular formula is C12H16FN3O. The van der Waals surface area contributed by atoms with E-state index in [1.807, 2.05) is 4.90 Å². The Morgan fingerprint density at radius 1 is 1.59 bits per heavy atom. The van der Waals surface area contributed by atoms with Crippen molar-refractivity contribution in [2.75, 3.05) is 24.5 Å². The van der Waals surface area contributed by atoms with Crippen molar-refractivity contribution in [2.24, 2.45) is 5.73 Å². The Kier molecular flexibility index (Phi) is 3.28. The first-order chi connectivity index (χ1) is 8.08. The molecule has 1 heterocycles. The smallest absolute Gasteiger partial charge is 0.248 e. The van der Waals surface area contributed by atoms with Crippen molar-refractivity contribution in [3.8, 4) is 0 Å². The van der Waals surface area contributed by atoms with Gasteiger partial charge in [0.2, 0.25) is 5.91 Å². The first kappa shape index (κ1) is 11.9. The minimum atomic E-state index is -0.607. The summed E-state index contributed by atoms with van der Waals surface area (Å²) in [6.45, 7) is 4.41. The highest BCUT2D eigenvalue weighted by Gasteiger charge is 2.19. The van der Waals surface area contributed by atoms with Crippen LogP contribution in [-0.2, 0) is 0 Å². The molecule has 17 heavy (non-hydrogen) atoms. The maximum Gasteiger partial charge on any atom is 0.248 e. The second kappa shape index (κ2) is 4.71. The van der Waals surface area contributed by atoms with Crippen molar-refractivity contribution in [2.45, 2.75) is 13.0 Å². The number of primary amides is 1. The van der Waals surface area contributed by atoms with Gasteiger partial charge in [-0.2, -0.15) is 0 Å². The summed E-state index contributed by atoms with van der Waals surface area (Å²) in [5, 5.41) is 3.29. The second-order valence-corrected chi connectivity index (χ2v) is 4.33. The van der Waals surface area contributed by atoms with Gasteiger partial charge in [-0.15, -0.1) is 0 Å². The Morgan fingerprint density at radius 3 is 2.94 bits per heavy atom. The molecule has 5 heteroatoms. The number of halogens is 1. The molecule has 1 amide bonds. The van der Waals surface area contributed by atoms with Crippen LogP contribution in [0.3, 0.4) is 0 Å². The van der Waals surface area contributed by atoms with E-state index >= 15 is 0 Å². The third-order valence-electron chi connectivity index (χ3n) is 2.94. The van der Waals surface area contributed by atoms with Crippen LogP contribution in [-0.4, -0.2) is 31.6 Å². The topological polar surface area (TPSA) is 58.4 Å². The van der Waals surface area contributed by atoms with Gasteiger partial charge in [0.15, 0.2) is 0 Å². The normalized spacial score (nSPS) is 20.4. The molecule has 4 nitrogen and oxygen atoms in total. The van der Waals surface area contributed by atoms with Crippen molar-refractivity contribution in [3.05, 3.63) is 29.6 Å². The van der Waals surface area contributed by atoms with E-state index in [0.29, 0.717) is 11.7 Å². The maximum absolute atomic E-state index is 13.9. The van der Waals surface area contributed by atoms with Crippen LogP contribution in [0.15, 0.2) is 18.2 Å². The fourth-order valence-corrected chi connectivity index (χ4v) is 2.07. The van der Waals surface area contributed by atoms with E-state index in [0.717, 1.165) is 19.6 Å². The molecule has 0 bridgehead atoms. The molecule has 0 aromatic heterocycles. The average Bonchev–Trinajstić information content (AvgIpc) is 2.28. The molecule has 1 aliphatic rings. The SMILES string of the molecule is C[C@H]1CN(c2ccc(C(N)=O)cc2F)CCN1. The van der Waals surface area contributed by atoms with Crippen LogP contribution in [0, 0.1) is 5.82 Å². The number of carbonyl (C=O) groups is 1. The quantitative estimate of drug-likeness (QED) is 0.797. The highest BCUT2D eigenvalue weighted by atomic mass is 19.1. The zero-order chi connectivity index (χ0) is 12.4. The molecule has 1 fully saturated rings. The summed E-state index contributed by atoms with van der Waals surface area (Å²) in [6.07, 6.45) is 0. The summed E-state index contributed by atoms with van der Waals surface area (Å²) in [4.78, 5) is 12.9. The van der Waals surface area contributed by atoms with Gasteiger partial charge in [0.25, 0.3) is 0 Å². The molecule has 0 spiro atoms. The minimum absolute atomic E-state index is 0.203. The molecule has 1 saturated heterocycles. The summed E-state index contributed by atoms with van der Waals surface area (Å²) < 4.78 is 13.9. The van der Waals surface area contributed by atoms with E-state index in [-0.39, 0.29) is 5.56 Å². The third-order valence-corrected chi connectivity index (χ3v) is 2.94. The number of hydrogen-bond donors (Lipinski definition) is 2. The summed E-state index contributed by atoms with van der Waals surface area (Å²) >= 11 is 0. The molecule has 0 radical (unpaired) electrons. The lowest BCUT2D eigenvalue weighted by atomic mass is 10.1. The maximum atomic E-state index is 13.9. The number of rotatable bonds is 2. The average molecular weight is 237 g/mol. The number of amides is 1. The Morgan fingerprint density at radius 2 is 2.35 bits per heavy atom. The molecule has 3 N–H and O–H groups in total. The van der Waals surface area contributed by atoms with Gasteiger partial charge in [-0.05, 0) is 25.1 Å². The highest BCUT2D eigenvalue weighted by Crippen LogP contribution is 2.21. The fraction of sp³-hybridized carbons (Fsp3) is 0.417. The van der Waals surface area contributed by atoms with Crippen molar-refractivity contribution >= 4 is 11.6 Å². The molecule has 92 valence electrons. The molecule has 1 aromatic rings. The van der Waals surface area contributed by atoms with E-state index < -0.39 is 11.7 Å². The number of carbonyl (C=O) groups excluding carboxylic acids is 1. The molecular weight excluding hydrogens is 221 g/mol. The van der Waals surface area contributed by atoms with Crippen LogP contribution in [0.2, 0.25) is 0 Å². The van der Waals surface area contributed by atoms with Crippen molar-refractivity contribution in [1.29, 1.82) is 0 Å². The molecule has 2 rings (SSSR count). The van der Waals surface area contributed by atoms with Crippen molar-refractivity contribution in [1.82, 2.24) is 5.32 Å². The standard InChI is InChI=1S/C12H16FN3O/c1-8-7-16(5-4-15-8)11-3-2-9(12(14)17)6-10(11)13/h2-3,6,8,15H,4-5,7H2,1H3,(H2,14,17)/t8-/m0/s1. The van der Waals surface area contributed by atoms with Gasteiger partial charge >= 0.3 is 0 Å². The molecule has 1 aliphatic heterocycles. The summed E-state index contributed by atoms with van der Waals surface area (Å²) in [5.41, 5.74) is 5.84.